The summed E-state index contributed by atoms with van der Waals surface area (Å²) in [5.41, 5.74) is 1.30. The Hall–Kier alpha value is -0.800. The molecule has 1 nitrogen and oxygen atoms in total. The molecule has 0 N–H and O–H groups in total. The average Bonchev–Trinajstić information content (AvgIpc) is 2.25. The highest BCUT2D eigenvalue weighted by molar-refractivity contribution is 9.10. The van der Waals surface area contributed by atoms with Crippen LogP contribution in [0.5, 0.6) is 0 Å². The molecule has 0 saturated heterocycles. The fraction of sp³-hybridized carbons (Fsp3) is 0.0833. The number of benzene rings is 1. The van der Waals surface area contributed by atoms with Crippen molar-refractivity contribution >= 4 is 33.5 Å². The third kappa shape index (κ3) is 3.36. The van der Waals surface area contributed by atoms with Crippen molar-refractivity contribution in [1.29, 1.82) is 0 Å². The highest BCUT2D eigenvalue weighted by Crippen LogP contribution is 2.16. The third-order valence-corrected chi connectivity index (χ3v) is 2.80. The van der Waals surface area contributed by atoms with E-state index in [9.17, 15) is 4.79 Å². The van der Waals surface area contributed by atoms with Crippen LogP contribution in [0.1, 0.15) is 10.4 Å². The summed E-state index contributed by atoms with van der Waals surface area (Å²) in [6.45, 7) is 3.63. The predicted octanol–water partition coefficient (Wildman–Crippen LogP) is 4.06. The van der Waals surface area contributed by atoms with Crippen LogP contribution in [-0.4, -0.2) is 12.0 Å². The number of halogens is 1. The molecule has 0 aliphatic rings. The molecule has 0 fully saturated rings. The Balaban J connectivity index is 3.03. The molecule has 0 heterocycles. The smallest absolute Gasteiger partial charge is 0.193 e. The molecule has 15 heavy (non-hydrogen) atoms. The lowest BCUT2D eigenvalue weighted by atomic mass is 10.1. The minimum absolute atomic E-state index is 0.000602. The van der Waals surface area contributed by atoms with Crippen molar-refractivity contribution in [2.75, 3.05) is 6.26 Å². The topological polar surface area (TPSA) is 17.1 Å². The van der Waals surface area contributed by atoms with E-state index in [0.29, 0.717) is 11.1 Å². The molecule has 0 unspecified atom stereocenters. The monoisotopic (exact) mass is 282 g/mol. The van der Waals surface area contributed by atoms with Crippen LogP contribution >= 0.6 is 27.7 Å². The van der Waals surface area contributed by atoms with Gasteiger partial charge in [0.1, 0.15) is 0 Å². The summed E-state index contributed by atoms with van der Waals surface area (Å²) in [6.07, 6.45) is 3.50. The minimum atomic E-state index is 0.000602. The molecule has 78 valence electrons. The molecule has 0 aromatic heterocycles. The first-order valence-corrected chi connectivity index (χ1v) is 6.42. The Morgan fingerprint density at radius 2 is 2.27 bits per heavy atom. The van der Waals surface area contributed by atoms with Gasteiger partial charge < -0.3 is 0 Å². The lowest BCUT2D eigenvalue weighted by molar-refractivity contribution is 0.103. The number of Topliss-reactive ketones (excluding diaryl/α,β-unsaturated/α-hetero) is 1. The van der Waals surface area contributed by atoms with E-state index in [-0.39, 0.29) is 5.78 Å². The summed E-state index contributed by atoms with van der Waals surface area (Å²) in [7, 11) is 0. The van der Waals surface area contributed by atoms with Crippen molar-refractivity contribution < 1.29 is 4.79 Å². The first-order valence-electron chi connectivity index (χ1n) is 4.34. The van der Waals surface area contributed by atoms with Crippen LogP contribution in [0.2, 0.25) is 0 Å². The van der Waals surface area contributed by atoms with E-state index in [1.165, 1.54) is 11.8 Å². The first-order chi connectivity index (χ1) is 7.19. The van der Waals surface area contributed by atoms with Gasteiger partial charge in [-0.3, -0.25) is 4.79 Å². The molecule has 0 radical (unpaired) electrons. The molecule has 0 spiro atoms. The van der Waals surface area contributed by atoms with Gasteiger partial charge in [0.15, 0.2) is 5.78 Å². The van der Waals surface area contributed by atoms with E-state index in [1.54, 1.807) is 23.6 Å². The fourth-order valence-corrected chi connectivity index (χ4v) is 1.97. The van der Waals surface area contributed by atoms with Crippen molar-refractivity contribution in [3.63, 3.8) is 0 Å². The molecule has 0 aliphatic heterocycles. The van der Waals surface area contributed by atoms with Crippen LogP contribution in [0.3, 0.4) is 0 Å². The van der Waals surface area contributed by atoms with Gasteiger partial charge in [0.05, 0.1) is 0 Å². The lowest BCUT2D eigenvalue weighted by Crippen LogP contribution is -2.00. The first kappa shape index (κ1) is 12.3. The number of carbonyl (C=O) groups excluding carboxylic acids is 1. The van der Waals surface area contributed by atoms with Gasteiger partial charge in [-0.1, -0.05) is 40.7 Å². The van der Waals surface area contributed by atoms with E-state index in [1.807, 2.05) is 18.4 Å². The van der Waals surface area contributed by atoms with Crippen LogP contribution in [0.4, 0.5) is 0 Å². The maximum atomic E-state index is 11.9. The number of allylic oxidation sites excluding steroid dienone is 2. The molecule has 1 aromatic rings. The highest BCUT2D eigenvalue weighted by Gasteiger charge is 2.08. The average molecular weight is 283 g/mol. The Morgan fingerprint density at radius 3 is 2.80 bits per heavy atom. The standard InChI is InChI=1S/C12H11BrOS/c1-3-9(8-15-2)12(14)10-5-4-6-11(13)7-10/h3-8H,1H2,2H3/b9-8+. The molecular weight excluding hydrogens is 272 g/mol. The van der Waals surface area contributed by atoms with Crippen molar-refractivity contribution in [1.82, 2.24) is 0 Å². The maximum absolute atomic E-state index is 11.9. The van der Waals surface area contributed by atoms with E-state index in [4.69, 9.17) is 0 Å². The Bertz CT molecular complexity index is 410. The van der Waals surface area contributed by atoms with Crippen molar-refractivity contribution in [3.05, 3.63) is 57.9 Å². The molecule has 1 aromatic carbocycles. The summed E-state index contributed by atoms with van der Waals surface area (Å²) in [4.78, 5) is 11.9. The molecular formula is C12H11BrOS. The second-order valence-corrected chi connectivity index (χ2v) is 4.48. The molecule has 1 rings (SSSR count). The zero-order chi connectivity index (χ0) is 11.3. The Kier molecular flexibility index (Phi) is 4.85. The molecule has 0 bridgehead atoms. The Morgan fingerprint density at radius 1 is 1.53 bits per heavy atom. The van der Waals surface area contributed by atoms with Crippen LogP contribution in [0.15, 0.2) is 52.4 Å². The van der Waals surface area contributed by atoms with Gasteiger partial charge in [0.25, 0.3) is 0 Å². The molecule has 0 amide bonds. The van der Waals surface area contributed by atoms with Crippen LogP contribution < -0.4 is 0 Å². The molecule has 0 atom stereocenters. The van der Waals surface area contributed by atoms with Gasteiger partial charge >= 0.3 is 0 Å². The van der Waals surface area contributed by atoms with Crippen LogP contribution in [0, 0.1) is 0 Å². The molecule has 3 heteroatoms. The minimum Gasteiger partial charge on any atom is -0.289 e. The second kappa shape index (κ2) is 5.93. The van der Waals surface area contributed by atoms with Crippen molar-refractivity contribution in [2.45, 2.75) is 0 Å². The van der Waals surface area contributed by atoms with Gasteiger partial charge in [-0.25, -0.2) is 0 Å². The van der Waals surface area contributed by atoms with Gasteiger partial charge in [-0.2, -0.15) is 0 Å². The van der Waals surface area contributed by atoms with E-state index in [0.717, 1.165) is 4.47 Å². The summed E-state index contributed by atoms with van der Waals surface area (Å²) in [6, 6.07) is 7.34. The third-order valence-electron chi connectivity index (χ3n) is 1.81. The van der Waals surface area contributed by atoms with E-state index >= 15 is 0 Å². The Labute approximate surface area is 102 Å². The van der Waals surface area contributed by atoms with Gasteiger partial charge in [0, 0.05) is 15.6 Å². The lowest BCUT2D eigenvalue weighted by Gasteiger charge is -2.01. The highest BCUT2D eigenvalue weighted by atomic mass is 79.9. The fourth-order valence-electron chi connectivity index (χ4n) is 1.12. The quantitative estimate of drug-likeness (QED) is 0.471. The number of hydrogen-bond acceptors (Lipinski definition) is 2. The summed E-state index contributed by atoms with van der Waals surface area (Å²) >= 11 is 4.83. The van der Waals surface area contributed by atoms with E-state index in [2.05, 4.69) is 22.5 Å². The number of carbonyl (C=O) groups is 1. The molecule has 0 saturated carbocycles. The second-order valence-electron chi connectivity index (χ2n) is 2.85. The number of hydrogen-bond donors (Lipinski definition) is 0. The van der Waals surface area contributed by atoms with Gasteiger partial charge in [-0.15, -0.1) is 11.8 Å². The summed E-state index contributed by atoms with van der Waals surface area (Å²) in [5, 5.41) is 1.80. The van der Waals surface area contributed by atoms with E-state index < -0.39 is 0 Å². The summed E-state index contributed by atoms with van der Waals surface area (Å²) < 4.78 is 0.904. The van der Waals surface area contributed by atoms with Gasteiger partial charge in [0.2, 0.25) is 0 Å². The zero-order valence-electron chi connectivity index (χ0n) is 8.37. The normalized spacial score (nSPS) is 11.2. The van der Waals surface area contributed by atoms with Crippen molar-refractivity contribution in [2.24, 2.45) is 0 Å². The number of thioether (sulfide) groups is 1. The van der Waals surface area contributed by atoms with Crippen LogP contribution in [-0.2, 0) is 0 Å². The predicted molar refractivity (Wildman–Crippen MR) is 70.3 cm³/mol. The number of ketones is 1. The summed E-state index contributed by atoms with van der Waals surface area (Å²) in [5.74, 6) is 0.000602. The zero-order valence-corrected chi connectivity index (χ0v) is 10.8. The maximum Gasteiger partial charge on any atom is 0.193 e. The molecule has 0 aliphatic carbocycles. The largest absolute Gasteiger partial charge is 0.289 e. The van der Waals surface area contributed by atoms with Gasteiger partial charge in [-0.05, 0) is 23.8 Å². The van der Waals surface area contributed by atoms with Crippen LogP contribution in [0.25, 0.3) is 0 Å². The number of rotatable bonds is 4. The van der Waals surface area contributed by atoms with Crippen molar-refractivity contribution in [3.8, 4) is 0 Å². The SMILES string of the molecule is C=C/C(=C\SC)C(=O)c1cccc(Br)c1.